The van der Waals surface area contributed by atoms with Gasteiger partial charge in [0.2, 0.25) is 17.7 Å². The first-order chi connectivity index (χ1) is 24.8. The summed E-state index contributed by atoms with van der Waals surface area (Å²) in [5, 5.41) is 7.95. The van der Waals surface area contributed by atoms with E-state index < -0.39 is 48.4 Å². The fourth-order valence-corrected chi connectivity index (χ4v) is 5.06. The number of benzene rings is 3. The SMILES string of the molecule is CN(CC(=O)NCC(=O)N[C@@H](Cc1ccccc1)C(=O)N[C@@H](Cc1ccccc1)C(=O)OCCCc1ccncc1)C(=O)OCc1ccccc1. The number of esters is 1. The van der Waals surface area contributed by atoms with Crippen LogP contribution in [0.3, 0.4) is 0 Å². The zero-order valence-corrected chi connectivity index (χ0v) is 28.5. The maximum absolute atomic E-state index is 13.7. The second-order valence-corrected chi connectivity index (χ2v) is 11.9. The summed E-state index contributed by atoms with van der Waals surface area (Å²) in [4.78, 5) is 70.1. The number of rotatable bonds is 18. The molecule has 0 saturated heterocycles. The fraction of sp³-hybridized carbons (Fsp3) is 0.282. The molecular weight excluding hydrogens is 650 g/mol. The second kappa shape index (κ2) is 20.5. The third kappa shape index (κ3) is 13.8. The van der Waals surface area contributed by atoms with E-state index in [-0.39, 0.29) is 32.6 Å². The van der Waals surface area contributed by atoms with Crippen molar-refractivity contribution in [2.75, 3.05) is 26.7 Å². The highest BCUT2D eigenvalue weighted by molar-refractivity contribution is 5.93. The number of hydrogen-bond acceptors (Lipinski definition) is 8. The topological polar surface area (TPSA) is 156 Å². The molecule has 266 valence electrons. The standard InChI is InChI=1S/C39H43N5O7/c1-44(39(49)51-28-32-16-9-4-10-17-32)27-36(46)41-26-35(45)42-33(24-30-12-5-2-6-13-30)37(47)43-34(25-31-14-7-3-8-15-31)38(48)50-23-11-18-29-19-21-40-22-20-29/h2-10,12-17,19-22,33-34H,11,18,23-28H2,1H3,(H,41,46)(H,42,45)(H,43,47)/t33-,34-/m0/s1. The molecule has 3 N–H and O–H groups in total. The molecule has 0 radical (unpaired) electrons. The van der Waals surface area contributed by atoms with Crippen molar-refractivity contribution in [3.8, 4) is 0 Å². The molecule has 12 nitrogen and oxygen atoms in total. The summed E-state index contributed by atoms with van der Waals surface area (Å²) < 4.78 is 10.8. The van der Waals surface area contributed by atoms with E-state index >= 15 is 0 Å². The molecule has 12 heteroatoms. The number of hydrogen-bond donors (Lipinski definition) is 3. The van der Waals surface area contributed by atoms with Gasteiger partial charge in [0, 0.05) is 32.3 Å². The molecule has 0 aliphatic rings. The van der Waals surface area contributed by atoms with Crippen LogP contribution in [0.1, 0.15) is 28.7 Å². The monoisotopic (exact) mass is 693 g/mol. The highest BCUT2D eigenvalue weighted by Gasteiger charge is 2.28. The van der Waals surface area contributed by atoms with Crippen LogP contribution in [0.5, 0.6) is 0 Å². The Hall–Kier alpha value is -6.04. The molecule has 0 spiro atoms. The third-order valence-electron chi connectivity index (χ3n) is 7.77. The van der Waals surface area contributed by atoms with E-state index in [2.05, 4.69) is 20.9 Å². The van der Waals surface area contributed by atoms with Crippen molar-refractivity contribution in [2.24, 2.45) is 0 Å². The maximum Gasteiger partial charge on any atom is 0.410 e. The van der Waals surface area contributed by atoms with Crippen LogP contribution in [-0.4, -0.2) is 78.5 Å². The minimum absolute atomic E-state index is 0.0508. The van der Waals surface area contributed by atoms with Crippen LogP contribution in [-0.2, 0) is 54.5 Å². The Labute approximate surface area is 297 Å². The molecule has 51 heavy (non-hydrogen) atoms. The third-order valence-corrected chi connectivity index (χ3v) is 7.77. The van der Waals surface area contributed by atoms with Crippen molar-refractivity contribution < 1.29 is 33.4 Å². The first-order valence-corrected chi connectivity index (χ1v) is 16.7. The fourth-order valence-electron chi connectivity index (χ4n) is 5.06. The average molecular weight is 694 g/mol. The minimum atomic E-state index is -1.08. The Kier molecular flexibility index (Phi) is 15.2. The lowest BCUT2D eigenvalue weighted by atomic mass is 10.0. The predicted octanol–water partition coefficient (Wildman–Crippen LogP) is 3.40. The normalized spacial score (nSPS) is 11.7. The smallest absolute Gasteiger partial charge is 0.410 e. The molecule has 4 aromatic rings. The number of likely N-dealkylation sites (N-methyl/N-ethyl adjacent to an activating group) is 1. The molecule has 0 bridgehead atoms. The van der Waals surface area contributed by atoms with E-state index in [0.29, 0.717) is 12.8 Å². The summed E-state index contributed by atoms with van der Waals surface area (Å²) in [6, 6.07) is 29.2. The maximum atomic E-state index is 13.7. The number of carbonyl (C=O) groups excluding carboxylic acids is 5. The van der Waals surface area contributed by atoms with Gasteiger partial charge in [-0.05, 0) is 47.2 Å². The van der Waals surface area contributed by atoms with E-state index in [0.717, 1.165) is 27.2 Å². The number of nitrogens with one attached hydrogen (secondary N) is 3. The molecule has 4 amide bonds. The molecule has 0 saturated carbocycles. The van der Waals surface area contributed by atoms with E-state index in [1.807, 2.05) is 103 Å². The number of nitrogens with zero attached hydrogens (tertiary/aromatic N) is 2. The van der Waals surface area contributed by atoms with Gasteiger partial charge in [-0.15, -0.1) is 0 Å². The van der Waals surface area contributed by atoms with Crippen molar-refractivity contribution in [3.05, 3.63) is 138 Å². The van der Waals surface area contributed by atoms with Crippen LogP contribution in [0.4, 0.5) is 4.79 Å². The molecule has 4 rings (SSSR count). The van der Waals surface area contributed by atoms with Crippen molar-refractivity contribution in [2.45, 2.75) is 44.4 Å². The van der Waals surface area contributed by atoms with Crippen molar-refractivity contribution in [3.63, 3.8) is 0 Å². The van der Waals surface area contributed by atoms with Gasteiger partial charge in [-0.1, -0.05) is 91.0 Å². The van der Waals surface area contributed by atoms with Gasteiger partial charge in [-0.25, -0.2) is 9.59 Å². The van der Waals surface area contributed by atoms with Crippen molar-refractivity contribution >= 4 is 29.8 Å². The Morgan fingerprint density at radius 3 is 1.84 bits per heavy atom. The van der Waals surface area contributed by atoms with E-state index in [1.54, 1.807) is 12.4 Å². The van der Waals surface area contributed by atoms with Crippen LogP contribution in [0.2, 0.25) is 0 Å². The second-order valence-electron chi connectivity index (χ2n) is 11.9. The number of aromatic nitrogens is 1. The zero-order valence-electron chi connectivity index (χ0n) is 28.5. The zero-order chi connectivity index (χ0) is 36.3. The van der Waals surface area contributed by atoms with Gasteiger partial charge < -0.3 is 30.3 Å². The molecule has 0 fully saturated rings. The molecule has 0 unspecified atom stereocenters. The summed E-state index contributed by atoms with van der Waals surface area (Å²) in [7, 11) is 1.41. The number of pyridine rings is 1. The lowest BCUT2D eigenvalue weighted by Crippen LogP contribution is -2.54. The highest BCUT2D eigenvalue weighted by atomic mass is 16.6. The largest absolute Gasteiger partial charge is 0.464 e. The lowest BCUT2D eigenvalue weighted by Gasteiger charge is -2.23. The van der Waals surface area contributed by atoms with E-state index in [1.165, 1.54) is 7.05 Å². The van der Waals surface area contributed by atoms with Crippen LogP contribution < -0.4 is 16.0 Å². The Balaban J connectivity index is 1.34. The van der Waals surface area contributed by atoms with Crippen LogP contribution in [0.15, 0.2) is 116 Å². The van der Waals surface area contributed by atoms with Crippen LogP contribution >= 0.6 is 0 Å². The molecular formula is C39H43N5O7. The molecule has 0 aliphatic carbocycles. The van der Waals surface area contributed by atoms with Crippen molar-refractivity contribution in [1.82, 2.24) is 25.8 Å². The van der Waals surface area contributed by atoms with Gasteiger partial charge in [0.05, 0.1) is 13.2 Å². The minimum Gasteiger partial charge on any atom is -0.464 e. The van der Waals surface area contributed by atoms with Gasteiger partial charge in [0.15, 0.2) is 0 Å². The number of ether oxygens (including phenoxy) is 2. The van der Waals surface area contributed by atoms with Crippen molar-refractivity contribution in [1.29, 1.82) is 0 Å². The van der Waals surface area contributed by atoms with Gasteiger partial charge in [0.1, 0.15) is 25.2 Å². The Morgan fingerprint density at radius 1 is 0.667 bits per heavy atom. The summed E-state index contributed by atoms with van der Waals surface area (Å²) in [5.41, 5.74) is 3.46. The summed E-state index contributed by atoms with van der Waals surface area (Å²) in [6.07, 6.45) is 4.30. The molecule has 1 aromatic heterocycles. The van der Waals surface area contributed by atoms with Crippen LogP contribution in [0.25, 0.3) is 0 Å². The predicted molar refractivity (Wildman–Crippen MR) is 190 cm³/mol. The molecule has 0 aliphatic heterocycles. The van der Waals surface area contributed by atoms with E-state index in [4.69, 9.17) is 9.47 Å². The summed E-state index contributed by atoms with van der Waals surface area (Å²) in [5.74, 6) is -2.41. The summed E-state index contributed by atoms with van der Waals surface area (Å²) in [6.45, 7) is -0.584. The quantitative estimate of drug-likeness (QED) is 0.106. The van der Waals surface area contributed by atoms with E-state index in [9.17, 15) is 24.0 Å². The van der Waals surface area contributed by atoms with Gasteiger partial charge >= 0.3 is 12.1 Å². The summed E-state index contributed by atoms with van der Waals surface area (Å²) >= 11 is 0. The van der Waals surface area contributed by atoms with Gasteiger partial charge in [0.25, 0.3) is 0 Å². The Bertz CT molecular complexity index is 1690. The first-order valence-electron chi connectivity index (χ1n) is 16.7. The molecule has 3 aromatic carbocycles. The Morgan fingerprint density at radius 2 is 1.24 bits per heavy atom. The number of aryl methyl sites for hydroxylation is 1. The number of amides is 4. The lowest BCUT2D eigenvalue weighted by molar-refractivity contribution is -0.148. The first kappa shape index (κ1) is 37.8. The molecule has 1 heterocycles. The van der Waals surface area contributed by atoms with Crippen LogP contribution in [0, 0.1) is 0 Å². The van der Waals surface area contributed by atoms with Gasteiger partial charge in [-0.2, -0.15) is 0 Å². The van der Waals surface area contributed by atoms with Gasteiger partial charge in [-0.3, -0.25) is 19.4 Å². The average Bonchev–Trinajstić information content (AvgIpc) is 3.15. The highest BCUT2D eigenvalue weighted by Crippen LogP contribution is 2.09. The number of carbonyl (C=O) groups is 5. The molecule has 2 atom stereocenters.